The minimum Gasteiger partial charge on any atom is -0.494 e. The number of hydrogen-bond acceptors (Lipinski definition) is 4. The second kappa shape index (κ2) is 7.64. The number of benzene rings is 1. The molecule has 114 valence electrons. The molecule has 1 aromatic rings. The number of hydrazine groups is 1. The van der Waals surface area contributed by atoms with E-state index in [1.165, 1.54) is 0 Å². The first-order valence-corrected chi connectivity index (χ1v) is 7.11. The summed E-state index contributed by atoms with van der Waals surface area (Å²) in [6, 6.07) is 6.75. The average molecular weight is 292 g/mol. The number of amides is 2. The lowest BCUT2D eigenvalue weighted by Gasteiger charge is -2.21. The molecule has 6 heteroatoms. The monoisotopic (exact) mass is 292 g/mol. The van der Waals surface area contributed by atoms with Gasteiger partial charge in [0.1, 0.15) is 5.75 Å². The van der Waals surface area contributed by atoms with E-state index in [0.717, 1.165) is 0 Å². The fourth-order valence-corrected chi connectivity index (χ4v) is 2.12. The van der Waals surface area contributed by atoms with E-state index in [1.807, 2.05) is 6.92 Å². The molecule has 2 rings (SSSR count). The van der Waals surface area contributed by atoms with Crippen molar-refractivity contribution in [3.05, 3.63) is 29.8 Å². The molecule has 0 atom stereocenters. The molecule has 0 radical (unpaired) electrons. The fourth-order valence-electron chi connectivity index (χ4n) is 2.12. The Morgan fingerprint density at radius 2 is 1.86 bits per heavy atom. The SMILES string of the molecule is CCOc1ccc(C(=O)NNC(=O)C2CCOCC2)cc1. The highest BCUT2D eigenvalue weighted by molar-refractivity contribution is 5.95. The van der Waals surface area contributed by atoms with Gasteiger partial charge in [-0.25, -0.2) is 0 Å². The molecule has 2 N–H and O–H groups in total. The van der Waals surface area contributed by atoms with Gasteiger partial charge >= 0.3 is 0 Å². The van der Waals surface area contributed by atoms with E-state index in [1.54, 1.807) is 24.3 Å². The van der Waals surface area contributed by atoms with Gasteiger partial charge in [0.2, 0.25) is 5.91 Å². The van der Waals surface area contributed by atoms with E-state index in [0.29, 0.717) is 44.0 Å². The van der Waals surface area contributed by atoms with Gasteiger partial charge in [-0.1, -0.05) is 0 Å². The van der Waals surface area contributed by atoms with Crippen LogP contribution in [0.3, 0.4) is 0 Å². The predicted molar refractivity (Wildman–Crippen MR) is 76.8 cm³/mol. The third-order valence-corrected chi connectivity index (χ3v) is 3.32. The minimum atomic E-state index is -0.349. The Bertz CT molecular complexity index is 481. The highest BCUT2D eigenvalue weighted by atomic mass is 16.5. The van der Waals surface area contributed by atoms with Crippen LogP contribution in [0.5, 0.6) is 5.75 Å². The van der Waals surface area contributed by atoms with Crippen LogP contribution in [0.4, 0.5) is 0 Å². The molecule has 1 saturated heterocycles. The van der Waals surface area contributed by atoms with Crippen LogP contribution in [0.1, 0.15) is 30.1 Å². The maximum atomic E-state index is 11.9. The third-order valence-electron chi connectivity index (χ3n) is 3.32. The van der Waals surface area contributed by atoms with Crippen LogP contribution in [0.25, 0.3) is 0 Å². The molecular formula is C15H20N2O4. The van der Waals surface area contributed by atoms with E-state index in [-0.39, 0.29) is 17.7 Å². The van der Waals surface area contributed by atoms with Crippen molar-refractivity contribution in [2.45, 2.75) is 19.8 Å². The molecule has 0 saturated carbocycles. The molecule has 21 heavy (non-hydrogen) atoms. The summed E-state index contributed by atoms with van der Waals surface area (Å²) in [5.41, 5.74) is 5.36. The van der Waals surface area contributed by atoms with Crippen LogP contribution in [0.2, 0.25) is 0 Å². The van der Waals surface area contributed by atoms with Crippen LogP contribution < -0.4 is 15.6 Å². The summed E-state index contributed by atoms with van der Waals surface area (Å²) < 4.78 is 10.5. The molecule has 0 unspecified atom stereocenters. The largest absolute Gasteiger partial charge is 0.494 e. The highest BCUT2D eigenvalue weighted by Crippen LogP contribution is 2.14. The van der Waals surface area contributed by atoms with E-state index in [9.17, 15) is 9.59 Å². The lowest BCUT2D eigenvalue weighted by atomic mass is 10.00. The minimum absolute atomic E-state index is 0.0978. The highest BCUT2D eigenvalue weighted by Gasteiger charge is 2.21. The zero-order valence-electron chi connectivity index (χ0n) is 12.1. The molecule has 2 amide bonds. The van der Waals surface area contributed by atoms with Crippen molar-refractivity contribution < 1.29 is 19.1 Å². The van der Waals surface area contributed by atoms with Gasteiger partial charge in [-0.15, -0.1) is 0 Å². The summed E-state index contributed by atoms with van der Waals surface area (Å²) in [6.45, 7) is 3.65. The van der Waals surface area contributed by atoms with Gasteiger partial charge in [0.25, 0.3) is 5.91 Å². The molecular weight excluding hydrogens is 272 g/mol. The Kier molecular flexibility index (Phi) is 5.57. The standard InChI is InChI=1S/C15H20N2O4/c1-2-21-13-5-3-11(4-6-13)14(18)16-17-15(19)12-7-9-20-10-8-12/h3-6,12H,2,7-10H2,1H3,(H,16,18)(H,17,19). The van der Waals surface area contributed by atoms with E-state index >= 15 is 0 Å². The van der Waals surface area contributed by atoms with Gasteiger partial charge in [-0.2, -0.15) is 0 Å². The van der Waals surface area contributed by atoms with E-state index < -0.39 is 0 Å². The van der Waals surface area contributed by atoms with Crippen LogP contribution in [0.15, 0.2) is 24.3 Å². The van der Waals surface area contributed by atoms with Crippen molar-refractivity contribution in [1.82, 2.24) is 10.9 Å². The molecule has 0 bridgehead atoms. The van der Waals surface area contributed by atoms with Gasteiger partial charge < -0.3 is 9.47 Å². The van der Waals surface area contributed by atoms with Crippen molar-refractivity contribution in [3.63, 3.8) is 0 Å². The summed E-state index contributed by atoms with van der Waals surface area (Å²) in [4.78, 5) is 23.8. The number of rotatable bonds is 4. The Labute approximate surface area is 123 Å². The van der Waals surface area contributed by atoms with E-state index in [4.69, 9.17) is 9.47 Å². The molecule has 1 fully saturated rings. The maximum absolute atomic E-state index is 11.9. The van der Waals surface area contributed by atoms with Gasteiger partial charge in [0, 0.05) is 24.7 Å². The van der Waals surface area contributed by atoms with E-state index in [2.05, 4.69) is 10.9 Å². The maximum Gasteiger partial charge on any atom is 0.269 e. The van der Waals surface area contributed by atoms with Crippen LogP contribution in [-0.4, -0.2) is 31.6 Å². The molecule has 0 aromatic heterocycles. The smallest absolute Gasteiger partial charge is 0.269 e. The number of hydrogen-bond donors (Lipinski definition) is 2. The Balaban J connectivity index is 1.82. The first kappa shape index (κ1) is 15.3. The van der Waals surface area contributed by atoms with Gasteiger partial charge in [-0.3, -0.25) is 20.4 Å². The van der Waals surface area contributed by atoms with Gasteiger partial charge in [0.15, 0.2) is 0 Å². The molecule has 1 aliphatic rings. The summed E-state index contributed by atoms with van der Waals surface area (Å²) in [7, 11) is 0. The first-order chi connectivity index (χ1) is 10.2. The Hall–Kier alpha value is -2.08. The quantitative estimate of drug-likeness (QED) is 0.819. The van der Waals surface area contributed by atoms with Crippen LogP contribution in [-0.2, 0) is 9.53 Å². The lowest BCUT2D eigenvalue weighted by molar-refractivity contribution is -0.128. The second-order valence-corrected chi connectivity index (χ2v) is 4.79. The third kappa shape index (κ3) is 4.46. The number of ether oxygens (including phenoxy) is 2. The molecule has 0 spiro atoms. The predicted octanol–water partition coefficient (Wildman–Crippen LogP) is 1.27. The average Bonchev–Trinajstić information content (AvgIpc) is 2.54. The van der Waals surface area contributed by atoms with Crippen molar-refractivity contribution in [2.75, 3.05) is 19.8 Å². The van der Waals surface area contributed by atoms with Crippen LogP contribution >= 0.6 is 0 Å². The molecule has 1 aromatic carbocycles. The Morgan fingerprint density at radius 3 is 2.48 bits per heavy atom. The van der Waals surface area contributed by atoms with Gasteiger partial charge in [0.05, 0.1) is 6.61 Å². The van der Waals surface area contributed by atoms with Crippen molar-refractivity contribution >= 4 is 11.8 Å². The van der Waals surface area contributed by atoms with Crippen molar-refractivity contribution in [3.8, 4) is 5.75 Å². The normalized spacial score (nSPS) is 15.3. The summed E-state index contributed by atoms with van der Waals surface area (Å²) >= 11 is 0. The zero-order valence-corrected chi connectivity index (χ0v) is 12.1. The number of carbonyl (C=O) groups is 2. The first-order valence-electron chi connectivity index (χ1n) is 7.11. The summed E-state index contributed by atoms with van der Waals surface area (Å²) in [6.07, 6.45) is 1.37. The van der Waals surface area contributed by atoms with Crippen LogP contribution in [0, 0.1) is 5.92 Å². The van der Waals surface area contributed by atoms with Gasteiger partial charge in [-0.05, 0) is 44.0 Å². The van der Waals surface area contributed by atoms with Crippen molar-refractivity contribution in [2.24, 2.45) is 5.92 Å². The molecule has 0 aliphatic carbocycles. The molecule has 6 nitrogen and oxygen atoms in total. The summed E-state index contributed by atoms with van der Waals surface area (Å²) in [5.74, 6) is 0.0933. The lowest BCUT2D eigenvalue weighted by Crippen LogP contribution is -2.45. The van der Waals surface area contributed by atoms with Crippen molar-refractivity contribution in [1.29, 1.82) is 0 Å². The second-order valence-electron chi connectivity index (χ2n) is 4.79. The molecule has 1 heterocycles. The number of carbonyl (C=O) groups excluding carboxylic acids is 2. The topological polar surface area (TPSA) is 76.7 Å². The summed E-state index contributed by atoms with van der Waals surface area (Å²) in [5, 5.41) is 0. The fraction of sp³-hybridized carbons (Fsp3) is 0.467. The zero-order chi connectivity index (χ0) is 15.1. The number of nitrogens with one attached hydrogen (secondary N) is 2. The molecule has 1 aliphatic heterocycles. The Morgan fingerprint density at radius 1 is 1.19 bits per heavy atom.